The normalized spacial score (nSPS) is 24.7. The third-order valence-corrected chi connectivity index (χ3v) is 7.13. The number of esters is 1. The number of para-hydroxylation sites is 1. The Hall–Kier alpha value is -3.22. The van der Waals surface area contributed by atoms with Gasteiger partial charge in [-0.15, -0.1) is 0 Å². The van der Waals surface area contributed by atoms with Crippen molar-refractivity contribution >= 4 is 17.6 Å². The number of fused-ring (bicyclic) bond motifs is 2. The number of hydrogen-bond donors (Lipinski definition) is 1. The fourth-order valence-electron chi connectivity index (χ4n) is 4.73. The van der Waals surface area contributed by atoms with Crippen LogP contribution in [-0.2, 0) is 9.53 Å². The standard InChI is InChI=1S/C24H27N3O4/c1-23(2)16-10-11-24(23,3)20(13-16)26-27-21(28)15-30-22(29)18-8-4-5-9-19(18)31-17-7-6-12-25-14-17/h4-9,12,14,16H,10-11,13,15H2,1-3H3,(H,27,28)/b26-20-. The van der Waals surface area contributed by atoms with Crippen LogP contribution < -0.4 is 10.2 Å². The molecule has 0 radical (unpaired) electrons. The molecule has 0 saturated heterocycles. The van der Waals surface area contributed by atoms with Gasteiger partial charge in [-0.25, -0.2) is 10.2 Å². The molecule has 2 aliphatic carbocycles. The van der Waals surface area contributed by atoms with Gasteiger partial charge < -0.3 is 9.47 Å². The fourth-order valence-corrected chi connectivity index (χ4v) is 4.73. The third kappa shape index (κ3) is 3.92. The Bertz CT molecular complexity index is 1020. The predicted octanol–water partition coefficient (Wildman–Crippen LogP) is 4.35. The molecule has 4 rings (SSSR count). The molecule has 7 nitrogen and oxygen atoms in total. The Morgan fingerprint density at radius 1 is 1.19 bits per heavy atom. The molecule has 2 aliphatic rings. The summed E-state index contributed by atoms with van der Waals surface area (Å²) in [4.78, 5) is 28.8. The van der Waals surface area contributed by atoms with E-state index < -0.39 is 18.5 Å². The van der Waals surface area contributed by atoms with E-state index in [0.29, 0.717) is 17.4 Å². The number of nitrogens with zero attached hydrogens (tertiary/aromatic N) is 2. The summed E-state index contributed by atoms with van der Waals surface area (Å²) < 4.78 is 10.9. The van der Waals surface area contributed by atoms with Crippen LogP contribution >= 0.6 is 0 Å². The highest BCUT2D eigenvalue weighted by Crippen LogP contribution is 2.63. The smallest absolute Gasteiger partial charge is 0.342 e. The number of carbonyl (C=O) groups excluding carboxylic acids is 2. The molecule has 2 saturated carbocycles. The van der Waals surface area contributed by atoms with Crippen molar-refractivity contribution in [1.82, 2.24) is 10.4 Å². The van der Waals surface area contributed by atoms with Gasteiger partial charge in [-0.1, -0.05) is 32.9 Å². The Balaban J connectivity index is 1.35. The van der Waals surface area contributed by atoms with E-state index in [2.05, 4.69) is 36.3 Å². The average Bonchev–Trinajstić information content (AvgIpc) is 3.10. The fraction of sp³-hybridized carbons (Fsp3) is 0.417. The number of benzene rings is 1. The molecule has 1 N–H and O–H groups in total. The first kappa shape index (κ1) is 21.0. The zero-order chi connectivity index (χ0) is 22.1. The van der Waals surface area contributed by atoms with Crippen LogP contribution in [-0.4, -0.2) is 29.2 Å². The summed E-state index contributed by atoms with van der Waals surface area (Å²) in [5.41, 5.74) is 4.01. The minimum absolute atomic E-state index is 0.00416. The van der Waals surface area contributed by atoms with E-state index >= 15 is 0 Å². The van der Waals surface area contributed by atoms with E-state index in [-0.39, 0.29) is 16.4 Å². The zero-order valence-electron chi connectivity index (χ0n) is 18.1. The molecule has 1 heterocycles. The molecule has 2 aromatic rings. The highest BCUT2D eigenvalue weighted by atomic mass is 16.5. The predicted molar refractivity (Wildman–Crippen MR) is 116 cm³/mol. The summed E-state index contributed by atoms with van der Waals surface area (Å²) in [6.07, 6.45) is 6.37. The SMILES string of the molecule is CC12CCC(C/C1=N/NC(=O)COC(=O)c1ccccc1Oc1cccnc1)C2(C)C. The van der Waals surface area contributed by atoms with Gasteiger partial charge in [0.2, 0.25) is 0 Å². The zero-order valence-corrected chi connectivity index (χ0v) is 18.1. The van der Waals surface area contributed by atoms with E-state index in [4.69, 9.17) is 9.47 Å². The number of rotatable bonds is 6. The van der Waals surface area contributed by atoms with Gasteiger partial charge in [0.05, 0.1) is 6.20 Å². The molecule has 1 amide bonds. The van der Waals surface area contributed by atoms with E-state index in [1.165, 1.54) is 6.42 Å². The number of nitrogens with one attached hydrogen (secondary N) is 1. The van der Waals surface area contributed by atoms with E-state index in [0.717, 1.165) is 18.6 Å². The van der Waals surface area contributed by atoms with Gasteiger partial charge in [-0.05, 0) is 54.9 Å². The van der Waals surface area contributed by atoms with Gasteiger partial charge in [0.15, 0.2) is 6.61 Å². The lowest BCUT2D eigenvalue weighted by atomic mass is 9.70. The molecular weight excluding hydrogens is 394 g/mol. The van der Waals surface area contributed by atoms with Crippen LogP contribution in [0.25, 0.3) is 0 Å². The van der Waals surface area contributed by atoms with Crippen molar-refractivity contribution in [3.8, 4) is 11.5 Å². The van der Waals surface area contributed by atoms with Crippen LogP contribution in [0.3, 0.4) is 0 Å². The van der Waals surface area contributed by atoms with Crippen LogP contribution in [0.4, 0.5) is 0 Å². The summed E-state index contributed by atoms with van der Waals surface area (Å²) in [6, 6.07) is 10.2. The first-order chi connectivity index (χ1) is 14.8. The first-order valence-electron chi connectivity index (χ1n) is 10.5. The summed E-state index contributed by atoms with van der Waals surface area (Å²) in [5.74, 6) is 0.324. The van der Waals surface area contributed by atoms with Crippen molar-refractivity contribution < 1.29 is 19.1 Å². The quantitative estimate of drug-likeness (QED) is 0.553. The molecule has 7 heteroatoms. The maximum Gasteiger partial charge on any atom is 0.342 e. The molecule has 31 heavy (non-hydrogen) atoms. The van der Waals surface area contributed by atoms with Crippen LogP contribution in [0.5, 0.6) is 11.5 Å². The van der Waals surface area contributed by atoms with Gasteiger partial charge in [-0.2, -0.15) is 5.10 Å². The molecule has 0 spiro atoms. The number of hydrogen-bond acceptors (Lipinski definition) is 6. The molecule has 1 aromatic carbocycles. The molecule has 2 bridgehead atoms. The summed E-state index contributed by atoms with van der Waals surface area (Å²) in [7, 11) is 0. The topological polar surface area (TPSA) is 89.9 Å². The number of carbonyl (C=O) groups is 2. The Kier molecular flexibility index (Phi) is 5.52. The molecule has 1 aromatic heterocycles. The second-order valence-electron chi connectivity index (χ2n) is 8.95. The van der Waals surface area contributed by atoms with Gasteiger partial charge in [0.25, 0.3) is 5.91 Å². The highest BCUT2D eigenvalue weighted by molar-refractivity contribution is 5.96. The van der Waals surface area contributed by atoms with E-state index in [9.17, 15) is 9.59 Å². The van der Waals surface area contributed by atoms with Crippen molar-refractivity contribution in [2.75, 3.05) is 6.61 Å². The lowest BCUT2D eigenvalue weighted by molar-refractivity contribution is -0.124. The molecule has 162 valence electrons. The lowest BCUT2D eigenvalue weighted by Crippen LogP contribution is -2.34. The molecule has 2 atom stereocenters. The van der Waals surface area contributed by atoms with Crippen LogP contribution in [0.2, 0.25) is 0 Å². The van der Waals surface area contributed by atoms with Crippen molar-refractivity contribution in [2.24, 2.45) is 21.8 Å². The highest BCUT2D eigenvalue weighted by Gasteiger charge is 2.60. The second-order valence-corrected chi connectivity index (χ2v) is 8.95. The number of pyridine rings is 1. The van der Waals surface area contributed by atoms with E-state index in [1.807, 2.05) is 0 Å². The van der Waals surface area contributed by atoms with Crippen molar-refractivity contribution in [3.05, 3.63) is 54.4 Å². The molecule has 0 aliphatic heterocycles. The van der Waals surface area contributed by atoms with E-state index in [1.54, 1.807) is 48.8 Å². The number of aromatic nitrogens is 1. The van der Waals surface area contributed by atoms with Crippen LogP contribution in [0, 0.1) is 16.7 Å². The van der Waals surface area contributed by atoms with Crippen molar-refractivity contribution in [3.63, 3.8) is 0 Å². The Labute approximate surface area is 181 Å². The van der Waals surface area contributed by atoms with Crippen molar-refractivity contribution in [1.29, 1.82) is 0 Å². The molecule has 2 unspecified atom stereocenters. The maximum absolute atomic E-state index is 12.5. The third-order valence-electron chi connectivity index (χ3n) is 7.13. The Morgan fingerprint density at radius 3 is 2.68 bits per heavy atom. The monoisotopic (exact) mass is 421 g/mol. The van der Waals surface area contributed by atoms with Gasteiger partial charge in [0, 0.05) is 17.3 Å². The summed E-state index contributed by atoms with van der Waals surface area (Å²) >= 11 is 0. The Morgan fingerprint density at radius 2 is 2.00 bits per heavy atom. The number of ether oxygens (including phenoxy) is 2. The van der Waals surface area contributed by atoms with Gasteiger partial charge in [0.1, 0.15) is 17.1 Å². The minimum atomic E-state index is -0.643. The summed E-state index contributed by atoms with van der Waals surface area (Å²) in [6.45, 7) is 6.37. The maximum atomic E-state index is 12.5. The van der Waals surface area contributed by atoms with Crippen LogP contribution in [0.1, 0.15) is 50.4 Å². The first-order valence-corrected chi connectivity index (χ1v) is 10.5. The summed E-state index contributed by atoms with van der Waals surface area (Å²) in [5, 5.41) is 4.39. The average molecular weight is 421 g/mol. The lowest BCUT2D eigenvalue weighted by Gasteiger charge is -2.34. The molecule has 2 fully saturated rings. The van der Waals surface area contributed by atoms with Crippen molar-refractivity contribution in [2.45, 2.75) is 40.0 Å². The largest absolute Gasteiger partial charge is 0.455 e. The van der Waals surface area contributed by atoms with Crippen LogP contribution in [0.15, 0.2) is 53.9 Å². The van der Waals surface area contributed by atoms with Gasteiger partial charge >= 0.3 is 5.97 Å². The van der Waals surface area contributed by atoms with Gasteiger partial charge in [-0.3, -0.25) is 9.78 Å². The number of hydrazone groups is 1. The minimum Gasteiger partial charge on any atom is -0.455 e. The second kappa shape index (κ2) is 8.13. The molecular formula is C24H27N3O4. The number of amides is 1.